The molecule has 0 fully saturated rings. The van der Waals surface area contributed by atoms with E-state index in [9.17, 15) is 4.79 Å². The number of fused-ring (bicyclic) bond motifs is 3. The summed E-state index contributed by atoms with van der Waals surface area (Å²) in [4.78, 5) is 15.9. The molecule has 0 atom stereocenters. The Hall–Kier alpha value is -2.42. The van der Waals surface area contributed by atoms with Crippen molar-refractivity contribution in [1.82, 2.24) is 4.40 Å². The standard InChI is InChI=1S/C16H14N2O/c1-4-11-10(3)12(5-2)16(19)18-14-9-7-6-8-13(14)17-15(11)18/h4-9H,2H2,1,3H3/p+1. The summed E-state index contributed by atoms with van der Waals surface area (Å²) in [5.41, 5.74) is 4.31. The first-order valence-electron chi connectivity index (χ1n) is 6.27. The van der Waals surface area contributed by atoms with Crippen molar-refractivity contribution in [3.8, 4) is 0 Å². The van der Waals surface area contributed by atoms with Crippen LogP contribution in [0.5, 0.6) is 0 Å². The molecule has 0 saturated carbocycles. The molecule has 1 N–H and O–H groups in total. The highest BCUT2D eigenvalue weighted by Crippen LogP contribution is 2.10. The Morgan fingerprint density at radius 3 is 2.74 bits per heavy atom. The second kappa shape index (κ2) is 4.05. The molecule has 2 heterocycles. The number of nitrogens with one attached hydrogen (secondary N) is 1. The van der Waals surface area contributed by atoms with E-state index in [1.54, 1.807) is 10.5 Å². The van der Waals surface area contributed by atoms with E-state index in [1.807, 2.05) is 44.2 Å². The maximum atomic E-state index is 12.6. The van der Waals surface area contributed by atoms with Gasteiger partial charge in [-0.3, -0.25) is 0 Å². The second-order valence-corrected chi connectivity index (χ2v) is 4.58. The zero-order chi connectivity index (χ0) is 13.6. The van der Waals surface area contributed by atoms with E-state index in [4.69, 9.17) is 0 Å². The van der Waals surface area contributed by atoms with Gasteiger partial charge >= 0.3 is 5.56 Å². The number of para-hydroxylation sites is 2. The van der Waals surface area contributed by atoms with E-state index in [-0.39, 0.29) is 5.56 Å². The molecule has 0 radical (unpaired) electrons. The molecule has 0 aliphatic heterocycles. The smallest absolute Gasteiger partial charge is 0.240 e. The van der Waals surface area contributed by atoms with Gasteiger partial charge in [-0.2, -0.15) is 4.40 Å². The van der Waals surface area contributed by atoms with Gasteiger partial charge in [0.25, 0.3) is 5.65 Å². The summed E-state index contributed by atoms with van der Waals surface area (Å²) in [6.07, 6.45) is 3.66. The third-order valence-electron chi connectivity index (χ3n) is 3.61. The van der Waals surface area contributed by atoms with Crippen LogP contribution in [-0.2, 0) is 0 Å². The highest BCUT2D eigenvalue weighted by atomic mass is 16.1. The minimum atomic E-state index is -0.0226. The zero-order valence-corrected chi connectivity index (χ0v) is 11.0. The number of hydrogen-bond acceptors (Lipinski definition) is 1. The molecule has 3 aromatic rings. The summed E-state index contributed by atoms with van der Waals surface area (Å²) < 4.78 is 1.73. The van der Waals surface area contributed by atoms with Gasteiger partial charge in [-0.05, 0) is 31.5 Å². The lowest BCUT2D eigenvalue weighted by molar-refractivity contribution is -0.312. The van der Waals surface area contributed by atoms with Crippen molar-refractivity contribution in [2.45, 2.75) is 13.8 Å². The molecule has 19 heavy (non-hydrogen) atoms. The summed E-state index contributed by atoms with van der Waals surface area (Å²) >= 11 is 0. The fraction of sp³-hybridized carbons (Fsp3) is 0.125. The number of aromatic nitrogens is 2. The van der Waals surface area contributed by atoms with E-state index in [1.165, 1.54) is 0 Å². The maximum Gasteiger partial charge on any atom is 0.346 e. The number of rotatable bonds is 1. The van der Waals surface area contributed by atoms with Crippen molar-refractivity contribution < 1.29 is 4.98 Å². The lowest BCUT2D eigenvalue weighted by atomic mass is 10.1. The largest absolute Gasteiger partial charge is 0.346 e. The molecule has 94 valence electrons. The summed E-state index contributed by atoms with van der Waals surface area (Å²) in [5.74, 6) is 0. The number of benzene rings is 1. The van der Waals surface area contributed by atoms with Crippen LogP contribution < -0.4 is 15.8 Å². The molecule has 0 unspecified atom stereocenters. The van der Waals surface area contributed by atoms with Crippen LogP contribution in [0.3, 0.4) is 0 Å². The van der Waals surface area contributed by atoms with Crippen LogP contribution in [0.25, 0.3) is 28.8 Å². The molecular formula is C16H15N2O+. The Bertz CT molecular complexity index is 919. The van der Waals surface area contributed by atoms with Gasteiger partial charge in [0.15, 0.2) is 11.0 Å². The zero-order valence-electron chi connectivity index (χ0n) is 11.0. The number of imidazole rings is 1. The van der Waals surface area contributed by atoms with Crippen LogP contribution in [0.2, 0.25) is 0 Å². The molecule has 3 rings (SSSR count). The van der Waals surface area contributed by atoms with Crippen LogP contribution in [0.15, 0.2) is 35.6 Å². The van der Waals surface area contributed by atoms with Crippen LogP contribution in [0, 0.1) is 6.92 Å². The molecule has 1 aromatic carbocycles. The number of H-pyrrole nitrogens is 1. The first-order chi connectivity index (χ1) is 9.19. The highest BCUT2D eigenvalue weighted by Gasteiger charge is 2.19. The molecule has 0 aliphatic rings. The molecular weight excluding hydrogens is 236 g/mol. The normalized spacial score (nSPS) is 12.4. The summed E-state index contributed by atoms with van der Waals surface area (Å²) in [7, 11) is 0. The lowest BCUT2D eigenvalue weighted by Crippen LogP contribution is -2.28. The molecule has 0 spiro atoms. The van der Waals surface area contributed by atoms with E-state index < -0.39 is 0 Å². The van der Waals surface area contributed by atoms with Gasteiger partial charge in [0, 0.05) is 0 Å². The van der Waals surface area contributed by atoms with Crippen LogP contribution >= 0.6 is 0 Å². The van der Waals surface area contributed by atoms with Gasteiger partial charge in [0.2, 0.25) is 0 Å². The Balaban J connectivity index is 2.77. The van der Waals surface area contributed by atoms with Gasteiger partial charge < -0.3 is 0 Å². The Morgan fingerprint density at radius 2 is 2.05 bits per heavy atom. The number of hydrogen-bond donors (Lipinski definition) is 0. The highest BCUT2D eigenvalue weighted by molar-refractivity contribution is 5.76. The quantitative estimate of drug-likeness (QED) is 0.649. The second-order valence-electron chi connectivity index (χ2n) is 4.58. The van der Waals surface area contributed by atoms with Gasteiger partial charge in [0.05, 0.1) is 10.8 Å². The van der Waals surface area contributed by atoms with Crippen LogP contribution in [-0.4, -0.2) is 4.40 Å². The first-order valence-corrected chi connectivity index (χ1v) is 6.27. The van der Waals surface area contributed by atoms with Crippen LogP contribution in [0.1, 0.15) is 18.1 Å². The average molecular weight is 251 g/mol. The van der Waals surface area contributed by atoms with Crippen molar-refractivity contribution in [3.05, 3.63) is 57.5 Å². The number of aromatic amines is 1. The van der Waals surface area contributed by atoms with E-state index >= 15 is 0 Å². The van der Waals surface area contributed by atoms with Crippen molar-refractivity contribution in [3.63, 3.8) is 0 Å². The summed E-state index contributed by atoms with van der Waals surface area (Å²) in [6.45, 7) is 7.70. The molecule has 2 aromatic heterocycles. The number of pyridine rings is 1. The monoisotopic (exact) mass is 251 g/mol. The number of nitrogens with zero attached hydrogens (tertiary/aromatic N) is 1. The first kappa shape index (κ1) is 11.7. The molecule has 0 bridgehead atoms. The predicted molar refractivity (Wildman–Crippen MR) is 77.9 cm³/mol. The topological polar surface area (TPSA) is 35.6 Å². The van der Waals surface area contributed by atoms with Crippen molar-refractivity contribution in [2.75, 3.05) is 0 Å². The average Bonchev–Trinajstić information content (AvgIpc) is 2.79. The van der Waals surface area contributed by atoms with Gasteiger partial charge in [-0.1, -0.05) is 30.9 Å². The predicted octanol–water partition coefficient (Wildman–Crippen LogP) is 1.74. The van der Waals surface area contributed by atoms with E-state index in [0.29, 0.717) is 5.56 Å². The molecule has 0 saturated heterocycles. The summed E-state index contributed by atoms with van der Waals surface area (Å²) in [6, 6.07) is 7.82. The Kier molecular flexibility index (Phi) is 2.49. The third-order valence-corrected chi connectivity index (χ3v) is 3.61. The van der Waals surface area contributed by atoms with Crippen LogP contribution in [0.4, 0.5) is 0 Å². The van der Waals surface area contributed by atoms with Gasteiger partial charge in [-0.25, -0.2) is 9.78 Å². The minimum absolute atomic E-state index is 0.0226. The van der Waals surface area contributed by atoms with Gasteiger partial charge in [0.1, 0.15) is 0 Å². The van der Waals surface area contributed by atoms with E-state index in [2.05, 4.69) is 11.6 Å². The van der Waals surface area contributed by atoms with Crippen molar-refractivity contribution in [2.24, 2.45) is 0 Å². The molecule has 0 amide bonds. The molecule has 3 nitrogen and oxygen atoms in total. The molecule has 0 aliphatic carbocycles. The SMILES string of the molecule is C=Cc1c(C)c(=CC)c2[nH+]c3ccccc3n2c1=O. The van der Waals surface area contributed by atoms with Crippen molar-refractivity contribution >= 4 is 28.8 Å². The fourth-order valence-corrected chi connectivity index (χ4v) is 2.67. The molecule has 3 heteroatoms. The third kappa shape index (κ3) is 1.45. The maximum absolute atomic E-state index is 12.6. The fourth-order valence-electron chi connectivity index (χ4n) is 2.67. The lowest BCUT2D eigenvalue weighted by Gasteiger charge is -1.98. The van der Waals surface area contributed by atoms with Crippen molar-refractivity contribution in [1.29, 1.82) is 0 Å². The Morgan fingerprint density at radius 1 is 1.32 bits per heavy atom. The van der Waals surface area contributed by atoms with E-state index in [0.717, 1.165) is 27.5 Å². The summed E-state index contributed by atoms with van der Waals surface area (Å²) in [5, 5.41) is 1.05. The van der Waals surface area contributed by atoms with Gasteiger partial charge in [-0.15, -0.1) is 0 Å². The Labute approximate surface area is 110 Å². The minimum Gasteiger partial charge on any atom is -0.240 e.